The first kappa shape index (κ1) is 14.2. The maximum Gasteiger partial charge on any atom is 0.232 e. The Balaban J connectivity index is 4.17. The van der Waals surface area contributed by atoms with Crippen molar-refractivity contribution in [2.45, 2.75) is 6.42 Å². The number of hydrogen-bond acceptors (Lipinski definition) is 2. The zero-order chi connectivity index (χ0) is 12.4. The quantitative estimate of drug-likeness (QED) is 0.489. The van der Waals surface area contributed by atoms with Crippen LogP contribution < -0.4 is 5.32 Å². The van der Waals surface area contributed by atoms with Gasteiger partial charge in [0.05, 0.1) is 0 Å². The molecule has 0 atom stereocenters. The van der Waals surface area contributed by atoms with Crippen molar-refractivity contribution in [2.24, 2.45) is 0 Å². The van der Waals surface area contributed by atoms with Crippen LogP contribution in [0.5, 0.6) is 0 Å². The van der Waals surface area contributed by atoms with E-state index in [4.69, 9.17) is 0 Å². The Kier molecular flexibility index (Phi) is 7.49. The van der Waals surface area contributed by atoms with Crippen LogP contribution in [-0.4, -0.2) is 36.3 Å². The van der Waals surface area contributed by atoms with Crippen molar-refractivity contribution in [1.82, 2.24) is 10.2 Å². The molecule has 2 amide bonds. The van der Waals surface area contributed by atoms with E-state index in [1.54, 1.807) is 18.2 Å². The van der Waals surface area contributed by atoms with E-state index in [0.717, 1.165) is 0 Å². The third-order valence-electron chi connectivity index (χ3n) is 1.81. The molecule has 0 heterocycles. The molecule has 0 saturated carbocycles. The van der Waals surface area contributed by atoms with Gasteiger partial charge in [0, 0.05) is 19.6 Å². The Morgan fingerprint density at radius 2 is 1.62 bits per heavy atom. The van der Waals surface area contributed by atoms with Crippen molar-refractivity contribution in [2.75, 3.05) is 19.6 Å². The van der Waals surface area contributed by atoms with E-state index in [2.05, 4.69) is 25.1 Å². The summed E-state index contributed by atoms with van der Waals surface area (Å²) in [4.78, 5) is 24.4. The SMILES string of the molecule is C=CCNC(=O)CC(=O)N(CC=C)CC=C. The topological polar surface area (TPSA) is 49.4 Å². The molecule has 0 radical (unpaired) electrons. The van der Waals surface area contributed by atoms with Gasteiger partial charge in [-0.25, -0.2) is 0 Å². The second-order valence-corrected chi connectivity index (χ2v) is 3.15. The Morgan fingerprint density at radius 3 is 2.06 bits per heavy atom. The van der Waals surface area contributed by atoms with Crippen LogP contribution in [0.25, 0.3) is 0 Å². The van der Waals surface area contributed by atoms with Crippen molar-refractivity contribution in [3.05, 3.63) is 38.0 Å². The Hall–Kier alpha value is -1.84. The third kappa shape index (κ3) is 5.80. The van der Waals surface area contributed by atoms with E-state index in [1.165, 1.54) is 4.90 Å². The minimum Gasteiger partial charge on any atom is -0.352 e. The molecule has 4 nitrogen and oxygen atoms in total. The molecule has 1 N–H and O–H groups in total. The molecular weight excluding hydrogens is 204 g/mol. The summed E-state index contributed by atoms with van der Waals surface area (Å²) in [5.74, 6) is -0.538. The van der Waals surface area contributed by atoms with Crippen molar-refractivity contribution in [3.63, 3.8) is 0 Å². The molecule has 0 rings (SSSR count). The minimum atomic E-state index is -0.303. The number of amides is 2. The highest BCUT2D eigenvalue weighted by molar-refractivity contribution is 5.97. The van der Waals surface area contributed by atoms with Crippen LogP contribution in [0.15, 0.2) is 38.0 Å². The summed E-state index contributed by atoms with van der Waals surface area (Å²) in [5.41, 5.74) is 0. The lowest BCUT2D eigenvalue weighted by atomic mass is 10.3. The summed E-state index contributed by atoms with van der Waals surface area (Å²) in [6.45, 7) is 11.8. The molecule has 4 heteroatoms. The van der Waals surface area contributed by atoms with Crippen molar-refractivity contribution >= 4 is 11.8 Å². The molecule has 16 heavy (non-hydrogen) atoms. The fourth-order valence-corrected chi connectivity index (χ4v) is 1.09. The normalized spacial score (nSPS) is 9.00. The van der Waals surface area contributed by atoms with E-state index in [1.807, 2.05) is 0 Å². The summed E-state index contributed by atoms with van der Waals surface area (Å²) in [5, 5.41) is 2.55. The van der Waals surface area contributed by atoms with Gasteiger partial charge in [-0.1, -0.05) is 18.2 Å². The first-order valence-corrected chi connectivity index (χ1v) is 5.02. The van der Waals surface area contributed by atoms with Crippen LogP contribution in [0.3, 0.4) is 0 Å². The van der Waals surface area contributed by atoms with Gasteiger partial charge in [0.1, 0.15) is 6.42 Å². The fraction of sp³-hybridized carbons (Fsp3) is 0.333. The van der Waals surface area contributed by atoms with E-state index in [0.29, 0.717) is 19.6 Å². The second-order valence-electron chi connectivity index (χ2n) is 3.15. The predicted octanol–water partition coefficient (Wildman–Crippen LogP) is 0.879. The zero-order valence-electron chi connectivity index (χ0n) is 9.45. The number of hydrogen-bond donors (Lipinski definition) is 1. The van der Waals surface area contributed by atoms with Crippen LogP contribution in [0.4, 0.5) is 0 Å². The summed E-state index contributed by atoms with van der Waals surface area (Å²) in [6, 6.07) is 0. The molecular formula is C12H18N2O2. The molecule has 0 spiro atoms. The van der Waals surface area contributed by atoms with E-state index in [-0.39, 0.29) is 18.2 Å². The first-order valence-electron chi connectivity index (χ1n) is 5.02. The summed E-state index contributed by atoms with van der Waals surface area (Å²) in [7, 11) is 0. The molecule has 0 aliphatic heterocycles. The Morgan fingerprint density at radius 1 is 1.06 bits per heavy atom. The summed E-state index contributed by atoms with van der Waals surface area (Å²) < 4.78 is 0. The molecule has 0 unspecified atom stereocenters. The van der Waals surface area contributed by atoms with Gasteiger partial charge in [0.15, 0.2) is 0 Å². The van der Waals surface area contributed by atoms with Gasteiger partial charge in [0.2, 0.25) is 11.8 Å². The van der Waals surface area contributed by atoms with E-state index >= 15 is 0 Å². The number of carbonyl (C=O) groups excluding carboxylic acids is 2. The van der Waals surface area contributed by atoms with Gasteiger partial charge in [-0.2, -0.15) is 0 Å². The number of nitrogens with one attached hydrogen (secondary N) is 1. The van der Waals surface area contributed by atoms with Crippen LogP contribution in [0, 0.1) is 0 Å². The predicted molar refractivity (Wildman–Crippen MR) is 64.8 cm³/mol. The molecule has 0 aromatic rings. The van der Waals surface area contributed by atoms with Crippen LogP contribution >= 0.6 is 0 Å². The molecule has 0 aliphatic carbocycles. The minimum absolute atomic E-state index is 0.157. The highest BCUT2D eigenvalue weighted by Gasteiger charge is 2.14. The third-order valence-corrected chi connectivity index (χ3v) is 1.81. The van der Waals surface area contributed by atoms with Gasteiger partial charge in [0.25, 0.3) is 0 Å². The standard InChI is InChI=1S/C12H18N2O2/c1-4-7-13-11(15)10-12(16)14(8-5-2)9-6-3/h4-6H,1-3,7-10H2,(H,13,15). The molecule has 0 aromatic heterocycles. The molecule has 0 fully saturated rings. The van der Waals surface area contributed by atoms with Gasteiger partial charge in [-0.05, 0) is 0 Å². The van der Waals surface area contributed by atoms with Crippen molar-refractivity contribution in [1.29, 1.82) is 0 Å². The van der Waals surface area contributed by atoms with Gasteiger partial charge in [-0.3, -0.25) is 9.59 Å². The van der Waals surface area contributed by atoms with Gasteiger partial charge in [-0.15, -0.1) is 19.7 Å². The highest BCUT2D eigenvalue weighted by atomic mass is 16.2. The summed E-state index contributed by atoms with van der Waals surface area (Å²) >= 11 is 0. The maximum atomic E-state index is 11.6. The lowest BCUT2D eigenvalue weighted by Gasteiger charge is -2.18. The first-order chi connectivity index (χ1) is 7.65. The van der Waals surface area contributed by atoms with Gasteiger partial charge >= 0.3 is 0 Å². The fourth-order valence-electron chi connectivity index (χ4n) is 1.09. The second kappa shape index (κ2) is 8.47. The number of carbonyl (C=O) groups is 2. The van der Waals surface area contributed by atoms with Crippen LogP contribution in [0.2, 0.25) is 0 Å². The number of nitrogens with zero attached hydrogens (tertiary/aromatic N) is 1. The van der Waals surface area contributed by atoms with Crippen molar-refractivity contribution in [3.8, 4) is 0 Å². The largest absolute Gasteiger partial charge is 0.352 e. The van der Waals surface area contributed by atoms with Crippen molar-refractivity contribution < 1.29 is 9.59 Å². The lowest BCUT2D eigenvalue weighted by Crippen LogP contribution is -2.36. The average molecular weight is 222 g/mol. The maximum absolute atomic E-state index is 11.6. The Labute approximate surface area is 96.3 Å². The van der Waals surface area contributed by atoms with E-state index in [9.17, 15) is 9.59 Å². The number of rotatable bonds is 8. The molecule has 0 aromatic carbocycles. The zero-order valence-corrected chi connectivity index (χ0v) is 9.45. The van der Waals surface area contributed by atoms with Crippen LogP contribution in [-0.2, 0) is 9.59 Å². The molecule has 0 bridgehead atoms. The Bertz CT molecular complexity index is 275. The lowest BCUT2D eigenvalue weighted by molar-refractivity contribution is -0.135. The van der Waals surface area contributed by atoms with E-state index < -0.39 is 0 Å². The summed E-state index contributed by atoms with van der Waals surface area (Å²) in [6.07, 6.45) is 4.63. The van der Waals surface area contributed by atoms with Crippen LogP contribution in [0.1, 0.15) is 6.42 Å². The molecule has 88 valence electrons. The van der Waals surface area contributed by atoms with Gasteiger partial charge < -0.3 is 10.2 Å². The smallest absolute Gasteiger partial charge is 0.232 e. The average Bonchev–Trinajstić information content (AvgIpc) is 2.26. The molecule has 0 saturated heterocycles. The monoisotopic (exact) mass is 222 g/mol. The molecule has 0 aliphatic rings. The highest BCUT2D eigenvalue weighted by Crippen LogP contribution is 1.95.